The Morgan fingerprint density at radius 1 is 0.967 bits per heavy atom. The molecule has 0 bridgehead atoms. The van der Waals surface area contributed by atoms with Crippen molar-refractivity contribution in [1.29, 1.82) is 0 Å². The van der Waals surface area contributed by atoms with Crippen LogP contribution in [0.4, 0.5) is 4.79 Å². The topological polar surface area (TPSA) is 32.8 Å². The maximum Gasteiger partial charge on any atom is 0.415 e. The summed E-state index contributed by atoms with van der Waals surface area (Å²) in [6.07, 6.45) is 3.88. The van der Waals surface area contributed by atoms with Gasteiger partial charge >= 0.3 is 6.09 Å². The van der Waals surface area contributed by atoms with E-state index >= 15 is 0 Å². The monoisotopic (exact) mass is 428 g/mol. The standard InChI is InChI=1S/C25H33ClN2O2/c1-4-28(5-2)18-19-6-8-20(9-7-19)21-10-14-23(15-11-21)27(3)25(29)30-24-16-12-22(26)13-17-24/h6-9,12-13,16-17,21,23H,4-5,10-11,14-15,18H2,1-3H3/t21-,23-. The first-order chi connectivity index (χ1) is 14.5. The molecule has 1 amide bonds. The van der Waals surface area contributed by atoms with Crippen molar-refractivity contribution in [3.63, 3.8) is 0 Å². The van der Waals surface area contributed by atoms with Crippen molar-refractivity contribution in [2.24, 2.45) is 0 Å². The molecule has 30 heavy (non-hydrogen) atoms. The van der Waals surface area contributed by atoms with Gasteiger partial charge in [0.1, 0.15) is 5.75 Å². The molecule has 3 rings (SSSR count). The molecule has 1 fully saturated rings. The Hall–Kier alpha value is -2.04. The summed E-state index contributed by atoms with van der Waals surface area (Å²) in [6, 6.07) is 16.2. The fourth-order valence-electron chi connectivity index (χ4n) is 4.22. The van der Waals surface area contributed by atoms with E-state index in [2.05, 4.69) is 43.0 Å². The summed E-state index contributed by atoms with van der Waals surface area (Å²) < 4.78 is 5.48. The highest BCUT2D eigenvalue weighted by Gasteiger charge is 2.28. The summed E-state index contributed by atoms with van der Waals surface area (Å²) in [5.74, 6) is 1.10. The first-order valence-electron chi connectivity index (χ1n) is 11.0. The lowest BCUT2D eigenvalue weighted by Crippen LogP contribution is -2.40. The predicted molar refractivity (Wildman–Crippen MR) is 123 cm³/mol. The minimum absolute atomic E-state index is 0.225. The van der Waals surface area contributed by atoms with E-state index in [0.29, 0.717) is 16.7 Å². The van der Waals surface area contributed by atoms with Crippen LogP contribution in [0, 0.1) is 0 Å². The number of halogens is 1. The normalized spacial score (nSPS) is 19.0. The van der Waals surface area contributed by atoms with Crippen LogP contribution in [0.2, 0.25) is 5.02 Å². The Morgan fingerprint density at radius 2 is 1.57 bits per heavy atom. The van der Waals surface area contributed by atoms with Gasteiger partial charge in [-0.3, -0.25) is 4.90 Å². The van der Waals surface area contributed by atoms with E-state index < -0.39 is 0 Å². The first kappa shape index (κ1) is 22.6. The molecular weight excluding hydrogens is 396 g/mol. The number of carbonyl (C=O) groups excluding carboxylic acids is 1. The second kappa shape index (κ2) is 10.8. The van der Waals surface area contributed by atoms with Crippen LogP contribution in [0.25, 0.3) is 0 Å². The molecule has 0 radical (unpaired) electrons. The lowest BCUT2D eigenvalue weighted by molar-refractivity contribution is 0.130. The van der Waals surface area contributed by atoms with Crippen LogP contribution in [-0.2, 0) is 6.54 Å². The molecule has 0 aromatic heterocycles. The number of hydrogen-bond donors (Lipinski definition) is 0. The van der Waals surface area contributed by atoms with Gasteiger partial charge < -0.3 is 9.64 Å². The number of carbonyl (C=O) groups is 1. The molecule has 0 spiro atoms. The van der Waals surface area contributed by atoms with Crippen molar-refractivity contribution < 1.29 is 9.53 Å². The molecule has 0 N–H and O–H groups in total. The van der Waals surface area contributed by atoms with Crippen LogP contribution in [0.15, 0.2) is 48.5 Å². The van der Waals surface area contributed by atoms with Crippen molar-refractivity contribution >= 4 is 17.7 Å². The van der Waals surface area contributed by atoms with Crippen molar-refractivity contribution in [2.45, 2.75) is 58.0 Å². The molecule has 4 nitrogen and oxygen atoms in total. The quantitative estimate of drug-likeness (QED) is 0.515. The van der Waals surface area contributed by atoms with Gasteiger partial charge in [0.25, 0.3) is 0 Å². The Morgan fingerprint density at radius 3 is 2.13 bits per heavy atom. The average molecular weight is 429 g/mol. The Balaban J connectivity index is 1.50. The SMILES string of the molecule is CCN(CC)Cc1ccc([C@H]2CC[C@H](N(C)C(=O)Oc3ccc(Cl)cc3)CC2)cc1. The first-order valence-corrected chi connectivity index (χ1v) is 11.4. The van der Waals surface area contributed by atoms with E-state index in [-0.39, 0.29) is 12.1 Å². The molecule has 5 heteroatoms. The van der Waals surface area contributed by atoms with Crippen LogP contribution in [-0.4, -0.2) is 42.1 Å². The van der Waals surface area contributed by atoms with Crippen molar-refractivity contribution in [3.8, 4) is 5.75 Å². The van der Waals surface area contributed by atoms with Gasteiger partial charge in [-0.15, -0.1) is 0 Å². The smallest absolute Gasteiger partial charge is 0.410 e. The molecule has 2 aromatic rings. The van der Waals surface area contributed by atoms with Crippen LogP contribution in [0.3, 0.4) is 0 Å². The number of nitrogens with zero attached hydrogens (tertiary/aromatic N) is 2. The fourth-order valence-corrected chi connectivity index (χ4v) is 4.35. The summed E-state index contributed by atoms with van der Waals surface area (Å²) in [7, 11) is 1.84. The van der Waals surface area contributed by atoms with Crippen molar-refractivity contribution in [1.82, 2.24) is 9.80 Å². The Bertz CT molecular complexity index is 795. The van der Waals surface area contributed by atoms with Gasteiger partial charge in [-0.05, 0) is 80.1 Å². The Labute approximate surface area is 185 Å². The Kier molecular flexibility index (Phi) is 8.17. The van der Waals surface area contributed by atoms with Crippen molar-refractivity contribution in [3.05, 3.63) is 64.7 Å². The van der Waals surface area contributed by atoms with Gasteiger partial charge in [-0.2, -0.15) is 0 Å². The lowest BCUT2D eigenvalue weighted by Gasteiger charge is -2.34. The zero-order chi connectivity index (χ0) is 21.5. The number of hydrogen-bond acceptors (Lipinski definition) is 3. The average Bonchev–Trinajstić information content (AvgIpc) is 2.79. The van der Waals surface area contributed by atoms with E-state index in [0.717, 1.165) is 45.3 Å². The van der Waals surface area contributed by atoms with E-state index in [1.54, 1.807) is 29.2 Å². The van der Waals surface area contributed by atoms with Gasteiger partial charge in [0.2, 0.25) is 0 Å². The van der Waals surface area contributed by atoms with Gasteiger partial charge in [-0.25, -0.2) is 4.79 Å². The van der Waals surface area contributed by atoms with E-state index in [4.69, 9.17) is 16.3 Å². The lowest BCUT2D eigenvalue weighted by atomic mass is 9.81. The molecule has 0 aliphatic heterocycles. The predicted octanol–water partition coefficient (Wildman–Crippen LogP) is 6.34. The summed E-state index contributed by atoms with van der Waals surface area (Å²) in [5, 5.41) is 0.627. The zero-order valence-electron chi connectivity index (χ0n) is 18.3. The summed E-state index contributed by atoms with van der Waals surface area (Å²) >= 11 is 5.89. The number of amides is 1. The number of rotatable bonds is 7. The highest BCUT2D eigenvalue weighted by atomic mass is 35.5. The molecule has 1 aliphatic rings. The molecule has 0 unspecified atom stereocenters. The third-order valence-electron chi connectivity index (χ3n) is 6.30. The summed E-state index contributed by atoms with van der Waals surface area (Å²) in [5.41, 5.74) is 2.80. The maximum absolute atomic E-state index is 12.5. The summed E-state index contributed by atoms with van der Waals surface area (Å²) in [6.45, 7) is 7.59. The van der Waals surface area contributed by atoms with Gasteiger partial charge in [0.15, 0.2) is 0 Å². The molecule has 0 saturated heterocycles. The largest absolute Gasteiger partial charge is 0.415 e. The summed E-state index contributed by atoms with van der Waals surface area (Å²) in [4.78, 5) is 16.7. The van der Waals surface area contributed by atoms with E-state index in [1.165, 1.54) is 11.1 Å². The molecule has 162 valence electrons. The fraction of sp³-hybridized carbons (Fsp3) is 0.480. The van der Waals surface area contributed by atoms with Gasteiger partial charge in [0, 0.05) is 24.7 Å². The second-order valence-electron chi connectivity index (χ2n) is 8.14. The third-order valence-corrected chi connectivity index (χ3v) is 6.55. The van der Waals surface area contributed by atoms with Crippen LogP contribution >= 0.6 is 11.6 Å². The van der Waals surface area contributed by atoms with Crippen LogP contribution in [0.5, 0.6) is 5.75 Å². The van der Waals surface area contributed by atoms with Crippen LogP contribution in [0.1, 0.15) is 56.6 Å². The molecule has 1 saturated carbocycles. The second-order valence-corrected chi connectivity index (χ2v) is 8.58. The van der Waals surface area contributed by atoms with E-state index in [1.807, 2.05) is 7.05 Å². The minimum atomic E-state index is -0.304. The molecule has 1 aliphatic carbocycles. The zero-order valence-corrected chi connectivity index (χ0v) is 19.1. The molecule has 0 atom stereocenters. The third kappa shape index (κ3) is 5.99. The number of ether oxygens (including phenoxy) is 1. The van der Waals surface area contributed by atoms with Crippen molar-refractivity contribution in [2.75, 3.05) is 20.1 Å². The highest BCUT2D eigenvalue weighted by Crippen LogP contribution is 2.35. The highest BCUT2D eigenvalue weighted by molar-refractivity contribution is 6.30. The van der Waals surface area contributed by atoms with E-state index in [9.17, 15) is 4.79 Å². The van der Waals surface area contributed by atoms with Crippen LogP contribution < -0.4 is 4.74 Å². The minimum Gasteiger partial charge on any atom is -0.410 e. The van der Waals surface area contributed by atoms with Gasteiger partial charge in [-0.1, -0.05) is 49.7 Å². The van der Waals surface area contributed by atoms with Gasteiger partial charge in [0.05, 0.1) is 0 Å². The molecular formula is C25H33ClN2O2. The molecule has 2 aromatic carbocycles. The number of benzene rings is 2. The maximum atomic E-state index is 12.5. The molecule has 0 heterocycles.